The van der Waals surface area contributed by atoms with E-state index in [0.29, 0.717) is 34.2 Å². The van der Waals surface area contributed by atoms with Crippen molar-refractivity contribution in [1.82, 2.24) is 19.9 Å². The molecular formula is C20H14N4O2Pt. The first-order valence-corrected chi connectivity index (χ1v) is 7.95. The number of para-hydroxylation sites is 2. The zero-order chi connectivity index (χ0) is 17.9. The molecule has 0 spiro atoms. The Labute approximate surface area is 169 Å². The summed E-state index contributed by atoms with van der Waals surface area (Å²) in [5, 5.41) is 20.1. The predicted octanol–water partition coefficient (Wildman–Crippen LogP) is 3.68. The van der Waals surface area contributed by atoms with Crippen LogP contribution in [0.3, 0.4) is 0 Å². The average Bonchev–Trinajstić information content (AvgIpc) is 2.69. The van der Waals surface area contributed by atoms with E-state index in [2.05, 4.69) is 19.9 Å². The summed E-state index contributed by atoms with van der Waals surface area (Å²) >= 11 is 0. The maximum atomic E-state index is 10.0. The Hall–Kier alpha value is -3.11. The minimum atomic E-state index is 0. The second-order valence-corrected chi connectivity index (χ2v) is 5.57. The van der Waals surface area contributed by atoms with Crippen LogP contribution in [0, 0.1) is 0 Å². The van der Waals surface area contributed by atoms with Gasteiger partial charge in [0.15, 0.2) is 11.6 Å². The molecule has 0 atom stereocenters. The van der Waals surface area contributed by atoms with Gasteiger partial charge in [-0.1, -0.05) is 24.3 Å². The Kier molecular flexibility index (Phi) is 5.57. The SMILES string of the molecule is Oc1ccccc1-c1ccnc(-c2nccc(-c3ccccc3O)n2)n1.[Pt]. The van der Waals surface area contributed by atoms with Gasteiger partial charge >= 0.3 is 0 Å². The van der Waals surface area contributed by atoms with Crippen molar-refractivity contribution < 1.29 is 31.3 Å². The van der Waals surface area contributed by atoms with Crippen molar-refractivity contribution in [1.29, 1.82) is 0 Å². The normalized spacial score (nSPS) is 10.2. The van der Waals surface area contributed by atoms with Crippen molar-refractivity contribution in [3.63, 3.8) is 0 Å². The molecule has 0 amide bonds. The molecule has 0 fully saturated rings. The monoisotopic (exact) mass is 537 g/mol. The molecular weight excluding hydrogens is 523 g/mol. The van der Waals surface area contributed by atoms with Crippen LogP contribution in [-0.2, 0) is 21.1 Å². The van der Waals surface area contributed by atoms with Gasteiger partial charge in [-0.15, -0.1) is 0 Å². The molecule has 0 saturated carbocycles. The van der Waals surface area contributed by atoms with Crippen molar-refractivity contribution in [2.45, 2.75) is 0 Å². The van der Waals surface area contributed by atoms with Gasteiger partial charge in [-0.05, 0) is 36.4 Å². The summed E-state index contributed by atoms with van der Waals surface area (Å²) in [4.78, 5) is 17.4. The smallest absolute Gasteiger partial charge is 0.198 e. The number of phenolic OH excluding ortho intramolecular Hbond substituents is 2. The molecule has 0 aliphatic heterocycles. The second kappa shape index (κ2) is 8.06. The number of phenols is 2. The van der Waals surface area contributed by atoms with E-state index in [9.17, 15) is 10.2 Å². The first kappa shape index (κ1) is 18.7. The van der Waals surface area contributed by atoms with Crippen LogP contribution >= 0.6 is 0 Å². The Balaban J connectivity index is 0.00000210. The fourth-order valence-electron chi connectivity index (χ4n) is 2.61. The molecule has 0 saturated heterocycles. The molecule has 6 nitrogen and oxygen atoms in total. The van der Waals surface area contributed by atoms with Crippen LogP contribution in [0.1, 0.15) is 0 Å². The van der Waals surface area contributed by atoms with Crippen molar-refractivity contribution in [2.75, 3.05) is 0 Å². The van der Waals surface area contributed by atoms with Crippen LogP contribution in [0.25, 0.3) is 34.2 Å². The summed E-state index contributed by atoms with van der Waals surface area (Å²) in [6, 6.07) is 17.3. The largest absolute Gasteiger partial charge is 0.507 e. The van der Waals surface area contributed by atoms with Crippen LogP contribution < -0.4 is 0 Å². The number of benzene rings is 2. The van der Waals surface area contributed by atoms with Crippen LogP contribution in [-0.4, -0.2) is 30.1 Å². The summed E-state index contributed by atoms with van der Waals surface area (Å²) in [5.74, 6) is 0.952. The Morgan fingerprint density at radius 3 is 1.37 bits per heavy atom. The van der Waals surface area contributed by atoms with Crippen molar-refractivity contribution >= 4 is 0 Å². The van der Waals surface area contributed by atoms with Crippen molar-refractivity contribution in [2.24, 2.45) is 0 Å². The van der Waals surface area contributed by atoms with Crippen LogP contribution in [0.15, 0.2) is 73.1 Å². The van der Waals surface area contributed by atoms with Crippen LogP contribution in [0.5, 0.6) is 11.5 Å². The Morgan fingerprint density at radius 1 is 0.556 bits per heavy atom. The van der Waals surface area contributed by atoms with E-state index < -0.39 is 0 Å². The molecule has 4 rings (SSSR count). The molecule has 0 radical (unpaired) electrons. The molecule has 0 bridgehead atoms. The van der Waals surface area contributed by atoms with E-state index in [1.165, 1.54) is 0 Å². The molecule has 7 heteroatoms. The second-order valence-electron chi connectivity index (χ2n) is 5.57. The minimum Gasteiger partial charge on any atom is -0.507 e. The van der Waals surface area contributed by atoms with Gasteiger partial charge < -0.3 is 10.2 Å². The van der Waals surface area contributed by atoms with Crippen molar-refractivity contribution in [3.05, 3.63) is 73.1 Å². The predicted molar refractivity (Wildman–Crippen MR) is 97.3 cm³/mol. The third-order valence-electron chi connectivity index (χ3n) is 3.87. The average molecular weight is 537 g/mol. The van der Waals surface area contributed by atoms with E-state index in [1.807, 2.05) is 12.1 Å². The number of aromatic hydroxyl groups is 2. The van der Waals surface area contributed by atoms with E-state index in [1.54, 1.807) is 60.9 Å². The van der Waals surface area contributed by atoms with Gasteiger partial charge in [-0.25, -0.2) is 19.9 Å². The molecule has 2 aromatic heterocycles. The van der Waals surface area contributed by atoms with E-state index in [-0.39, 0.29) is 32.6 Å². The van der Waals surface area contributed by atoms with Crippen LogP contribution in [0.4, 0.5) is 0 Å². The maximum absolute atomic E-state index is 10.0. The number of hydrogen-bond acceptors (Lipinski definition) is 6. The Bertz CT molecular complexity index is 1000. The van der Waals surface area contributed by atoms with Gasteiger partial charge in [0.1, 0.15) is 11.5 Å². The summed E-state index contributed by atoms with van der Waals surface area (Å²) < 4.78 is 0. The molecule has 4 aromatic rings. The standard InChI is InChI=1S/C20H14N4O2.Pt/c25-17-7-3-1-5-13(17)15-9-11-21-19(23-15)20-22-12-10-16(24-20)14-6-2-4-8-18(14)26;/h1-12,25-26H;. The number of rotatable bonds is 3. The van der Waals surface area contributed by atoms with E-state index in [4.69, 9.17) is 0 Å². The molecule has 0 aliphatic rings. The van der Waals surface area contributed by atoms with E-state index >= 15 is 0 Å². The fourth-order valence-corrected chi connectivity index (χ4v) is 2.61. The molecule has 136 valence electrons. The van der Waals surface area contributed by atoms with Gasteiger partial charge in [0.25, 0.3) is 0 Å². The first-order valence-electron chi connectivity index (χ1n) is 7.95. The topological polar surface area (TPSA) is 92.0 Å². The number of nitrogens with zero attached hydrogens (tertiary/aromatic N) is 4. The molecule has 2 aromatic carbocycles. The third kappa shape index (κ3) is 3.86. The van der Waals surface area contributed by atoms with Gasteiger partial charge in [-0.2, -0.15) is 0 Å². The third-order valence-corrected chi connectivity index (χ3v) is 3.87. The summed E-state index contributed by atoms with van der Waals surface area (Å²) in [6.07, 6.45) is 3.19. The molecule has 0 aliphatic carbocycles. The first-order chi connectivity index (χ1) is 12.7. The molecule has 2 N–H and O–H groups in total. The minimum absolute atomic E-state index is 0. The molecule has 2 heterocycles. The van der Waals surface area contributed by atoms with Crippen molar-refractivity contribution in [3.8, 4) is 45.7 Å². The van der Waals surface area contributed by atoms with E-state index in [0.717, 1.165) is 0 Å². The Morgan fingerprint density at radius 2 is 0.963 bits per heavy atom. The van der Waals surface area contributed by atoms with Crippen LogP contribution in [0.2, 0.25) is 0 Å². The number of hydrogen-bond donors (Lipinski definition) is 2. The zero-order valence-electron chi connectivity index (χ0n) is 13.9. The zero-order valence-corrected chi connectivity index (χ0v) is 16.2. The van der Waals surface area contributed by atoms with Gasteiger partial charge in [0.2, 0.25) is 0 Å². The fraction of sp³-hybridized carbons (Fsp3) is 0. The summed E-state index contributed by atoms with van der Waals surface area (Å²) in [7, 11) is 0. The quantitative estimate of drug-likeness (QED) is 0.415. The molecule has 27 heavy (non-hydrogen) atoms. The van der Waals surface area contributed by atoms with Gasteiger partial charge in [0, 0.05) is 44.6 Å². The van der Waals surface area contributed by atoms with Gasteiger partial charge in [0.05, 0.1) is 11.4 Å². The van der Waals surface area contributed by atoms with Gasteiger partial charge in [-0.3, -0.25) is 0 Å². The maximum Gasteiger partial charge on any atom is 0.198 e. The number of aromatic nitrogens is 4. The summed E-state index contributed by atoms with van der Waals surface area (Å²) in [5.41, 5.74) is 2.36. The molecule has 0 unspecified atom stereocenters. The summed E-state index contributed by atoms with van der Waals surface area (Å²) in [6.45, 7) is 0.